The summed E-state index contributed by atoms with van der Waals surface area (Å²) in [5, 5.41) is 30.0. The third-order valence-corrected chi connectivity index (χ3v) is 4.05. The topological polar surface area (TPSA) is 108 Å². The lowest BCUT2D eigenvalue weighted by atomic mass is 9.93. The largest absolute Gasteiger partial charge is 0.391 e. The predicted octanol–water partition coefficient (Wildman–Crippen LogP) is 1.07. The van der Waals surface area contributed by atoms with Crippen LogP contribution in [0.15, 0.2) is 0 Å². The van der Waals surface area contributed by atoms with E-state index in [0.29, 0.717) is 15.6 Å². The van der Waals surface area contributed by atoms with Gasteiger partial charge in [-0.25, -0.2) is 4.98 Å². The summed E-state index contributed by atoms with van der Waals surface area (Å²) in [6.45, 7) is 0. The number of thiazole rings is 1. The van der Waals surface area contributed by atoms with Crippen LogP contribution in [-0.4, -0.2) is 37.4 Å². The zero-order valence-electron chi connectivity index (χ0n) is 10.1. The molecule has 0 spiro atoms. The van der Waals surface area contributed by atoms with Crippen LogP contribution in [0, 0.1) is 11.3 Å². The number of aliphatic hydroxyl groups is 1. The first kappa shape index (κ1) is 12.2. The Morgan fingerprint density at radius 3 is 2.89 bits per heavy atom. The van der Waals surface area contributed by atoms with Crippen molar-refractivity contribution in [3.63, 3.8) is 0 Å². The highest BCUT2D eigenvalue weighted by Crippen LogP contribution is 2.26. The Morgan fingerprint density at radius 1 is 1.26 bits per heavy atom. The van der Waals surface area contributed by atoms with E-state index >= 15 is 0 Å². The van der Waals surface area contributed by atoms with Crippen molar-refractivity contribution < 1.29 is 5.11 Å². The van der Waals surface area contributed by atoms with Gasteiger partial charge in [-0.3, -0.25) is 0 Å². The van der Waals surface area contributed by atoms with E-state index in [1.165, 1.54) is 11.3 Å². The van der Waals surface area contributed by atoms with Crippen LogP contribution in [0.4, 0.5) is 5.13 Å². The Balaban J connectivity index is 1.83. The highest BCUT2D eigenvalue weighted by Gasteiger charge is 2.24. The Kier molecular flexibility index (Phi) is 3.23. The molecule has 1 aliphatic rings. The van der Waals surface area contributed by atoms with Gasteiger partial charge in [0, 0.05) is 0 Å². The second-order valence-corrected chi connectivity index (χ2v) is 5.48. The molecular weight excluding hydrogens is 264 g/mol. The van der Waals surface area contributed by atoms with Gasteiger partial charge >= 0.3 is 0 Å². The third kappa shape index (κ3) is 2.47. The summed E-state index contributed by atoms with van der Waals surface area (Å²) >= 11 is 1.32. The van der Waals surface area contributed by atoms with E-state index in [1.807, 2.05) is 6.07 Å². The van der Waals surface area contributed by atoms with E-state index in [-0.39, 0.29) is 18.0 Å². The molecule has 19 heavy (non-hydrogen) atoms. The lowest BCUT2D eigenvalue weighted by molar-refractivity contribution is 0.116. The monoisotopic (exact) mass is 276 g/mol. The number of fused-ring (bicyclic) bond motifs is 1. The van der Waals surface area contributed by atoms with Crippen molar-refractivity contribution in [2.24, 2.45) is 0 Å². The van der Waals surface area contributed by atoms with Gasteiger partial charge in [0.1, 0.15) is 6.07 Å². The molecule has 98 valence electrons. The van der Waals surface area contributed by atoms with E-state index in [4.69, 9.17) is 5.26 Å². The van der Waals surface area contributed by atoms with Crippen LogP contribution < -0.4 is 5.32 Å². The molecule has 0 amide bonds. The zero-order chi connectivity index (χ0) is 13.2. The molecule has 2 aromatic rings. The van der Waals surface area contributed by atoms with Crippen molar-refractivity contribution in [1.82, 2.24) is 20.2 Å². The molecule has 3 rings (SSSR count). The molecule has 0 saturated heterocycles. The van der Waals surface area contributed by atoms with Gasteiger partial charge in [0.2, 0.25) is 5.65 Å². The van der Waals surface area contributed by atoms with Crippen molar-refractivity contribution in [2.45, 2.75) is 37.8 Å². The van der Waals surface area contributed by atoms with Gasteiger partial charge in [-0.2, -0.15) is 10.2 Å². The van der Waals surface area contributed by atoms with Gasteiger partial charge in [0.05, 0.1) is 12.1 Å². The number of hydrogen-bond donors (Lipinski definition) is 2. The highest BCUT2D eigenvalue weighted by molar-refractivity contribution is 7.21. The van der Waals surface area contributed by atoms with E-state index in [2.05, 4.69) is 25.5 Å². The number of rotatable bonds is 2. The Morgan fingerprint density at radius 2 is 2.11 bits per heavy atom. The summed E-state index contributed by atoms with van der Waals surface area (Å²) in [5.41, 5.74) is 0.428. The number of aliphatic hydroxyl groups excluding tert-OH is 1. The van der Waals surface area contributed by atoms with Crippen molar-refractivity contribution >= 4 is 26.9 Å². The summed E-state index contributed by atoms with van der Waals surface area (Å²) in [4.78, 5) is 8.90. The van der Waals surface area contributed by atoms with Crippen LogP contribution in [0.2, 0.25) is 0 Å². The molecule has 0 bridgehead atoms. The van der Waals surface area contributed by atoms with E-state index in [0.717, 1.165) is 25.7 Å². The summed E-state index contributed by atoms with van der Waals surface area (Å²) in [6.07, 6.45) is 3.59. The van der Waals surface area contributed by atoms with E-state index in [1.54, 1.807) is 0 Å². The molecule has 1 aliphatic carbocycles. The predicted molar refractivity (Wildman–Crippen MR) is 69.6 cm³/mol. The number of aromatic nitrogens is 4. The molecule has 0 radical (unpaired) electrons. The number of nitrogens with zero attached hydrogens (tertiary/aromatic N) is 5. The fraction of sp³-hybridized carbons (Fsp3) is 0.545. The van der Waals surface area contributed by atoms with Gasteiger partial charge < -0.3 is 10.4 Å². The minimum absolute atomic E-state index is 0.0257. The normalized spacial score (nSPS) is 23.2. The molecule has 2 heterocycles. The Bertz CT molecular complexity index is 636. The average molecular weight is 276 g/mol. The molecule has 0 aromatic carbocycles. The lowest BCUT2D eigenvalue weighted by Gasteiger charge is -2.27. The second kappa shape index (κ2) is 5.03. The number of nitriles is 1. The summed E-state index contributed by atoms with van der Waals surface area (Å²) in [6, 6.07) is 1.88. The molecule has 0 unspecified atom stereocenters. The molecule has 8 heteroatoms. The number of anilines is 1. The summed E-state index contributed by atoms with van der Waals surface area (Å²) in [5.74, 6) is 0.0420. The molecule has 1 saturated carbocycles. The maximum Gasteiger partial charge on any atom is 0.254 e. The van der Waals surface area contributed by atoms with Gasteiger partial charge in [0.15, 0.2) is 9.96 Å². The van der Waals surface area contributed by atoms with E-state index < -0.39 is 0 Å². The molecule has 7 nitrogen and oxygen atoms in total. The van der Waals surface area contributed by atoms with Crippen LogP contribution in [0.1, 0.15) is 31.5 Å². The fourth-order valence-electron chi connectivity index (χ4n) is 2.20. The first-order valence-corrected chi connectivity index (χ1v) is 6.94. The highest BCUT2D eigenvalue weighted by atomic mass is 32.1. The first-order valence-electron chi connectivity index (χ1n) is 6.12. The van der Waals surface area contributed by atoms with Gasteiger partial charge in [-0.1, -0.05) is 24.2 Å². The van der Waals surface area contributed by atoms with E-state index in [9.17, 15) is 5.11 Å². The second-order valence-electron chi connectivity index (χ2n) is 4.50. The standard InChI is InChI=1S/C11H12N6OS/c12-5-8-14-10-9(17-16-8)15-11(19-10)13-6-3-1-2-4-7(6)18/h6-7,18H,1-4H2,(H,13,15,17)/t6-,7-/m1/s1. The molecule has 0 aliphatic heterocycles. The Hall–Kier alpha value is -1.85. The number of hydrogen-bond acceptors (Lipinski definition) is 8. The van der Waals surface area contributed by atoms with Gasteiger partial charge in [0.25, 0.3) is 5.82 Å². The fourth-order valence-corrected chi connectivity index (χ4v) is 3.04. The number of nitrogens with one attached hydrogen (secondary N) is 1. The summed E-state index contributed by atoms with van der Waals surface area (Å²) in [7, 11) is 0. The summed E-state index contributed by atoms with van der Waals surface area (Å²) < 4.78 is 0. The van der Waals surface area contributed by atoms with Crippen molar-refractivity contribution in [1.29, 1.82) is 5.26 Å². The average Bonchev–Trinajstić information content (AvgIpc) is 2.82. The SMILES string of the molecule is N#Cc1nnc2nc(N[C@@H]3CCCC[C@H]3O)sc2n1. The van der Waals surface area contributed by atoms with Gasteiger partial charge in [-0.05, 0) is 12.8 Å². The lowest BCUT2D eigenvalue weighted by Crippen LogP contribution is -2.36. The molecule has 2 atom stereocenters. The van der Waals surface area contributed by atoms with Crippen molar-refractivity contribution in [3.05, 3.63) is 5.82 Å². The first-order chi connectivity index (χ1) is 9.26. The van der Waals surface area contributed by atoms with Gasteiger partial charge in [-0.15, -0.1) is 10.2 Å². The molecule has 1 fully saturated rings. The maximum atomic E-state index is 9.91. The molecule has 2 N–H and O–H groups in total. The van der Waals surface area contributed by atoms with Crippen LogP contribution in [0.3, 0.4) is 0 Å². The quantitative estimate of drug-likeness (QED) is 0.844. The van der Waals surface area contributed by atoms with Crippen LogP contribution in [0.25, 0.3) is 10.5 Å². The zero-order valence-corrected chi connectivity index (χ0v) is 10.9. The minimum Gasteiger partial charge on any atom is -0.391 e. The molecule has 2 aromatic heterocycles. The van der Waals surface area contributed by atoms with Crippen LogP contribution in [-0.2, 0) is 0 Å². The minimum atomic E-state index is -0.338. The third-order valence-electron chi connectivity index (χ3n) is 3.18. The van der Waals surface area contributed by atoms with Crippen LogP contribution in [0.5, 0.6) is 0 Å². The van der Waals surface area contributed by atoms with Crippen LogP contribution >= 0.6 is 11.3 Å². The molecular formula is C11H12N6OS. The smallest absolute Gasteiger partial charge is 0.254 e. The van der Waals surface area contributed by atoms with Crippen molar-refractivity contribution in [3.8, 4) is 6.07 Å². The Labute approximate surface area is 113 Å². The maximum absolute atomic E-state index is 9.91. The van der Waals surface area contributed by atoms with Crippen molar-refractivity contribution in [2.75, 3.05) is 5.32 Å².